The number of rotatable bonds is 4. The zero-order valence-corrected chi connectivity index (χ0v) is 14.7. The van der Waals surface area contributed by atoms with Crippen molar-refractivity contribution in [2.24, 2.45) is 0 Å². The Kier molecular flexibility index (Phi) is 4.75. The van der Waals surface area contributed by atoms with Crippen LogP contribution in [0.3, 0.4) is 0 Å². The first kappa shape index (κ1) is 17.8. The maximum Gasteiger partial charge on any atom is 0.416 e. The first-order chi connectivity index (χ1) is 13.0. The molecule has 0 atom stereocenters. The topological polar surface area (TPSA) is 3.24 Å². The van der Waals surface area contributed by atoms with E-state index < -0.39 is 11.7 Å². The van der Waals surface area contributed by atoms with E-state index in [1.54, 1.807) is 12.1 Å². The zero-order chi connectivity index (χ0) is 18.9. The van der Waals surface area contributed by atoms with E-state index >= 15 is 0 Å². The zero-order valence-electron chi connectivity index (χ0n) is 14.7. The summed E-state index contributed by atoms with van der Waals surface area (Å²) in [6, 6.07) is 26.5. The third kappa shape index (κ3) is 3.76. The average molecular weight is 367 g/mol. The highest BCUT2D eigenvalue weighted by molar-refractivity contribution is 5.34. The minimum Gasteiger partial charge on any atom is -0.291 e. The van der Waals surface area contributed by atoms with Gasteiger partial charge in [0.05, 0.1) is 11.6 Å². The van der Waals surface area contributed by atoms with Gasteiger partial charge in [-0.3, -0.25) is 4.90 Å². The first-order valence-electron chi connectivity index (χ1n) is 9.03. The van der Waals surface area contributed by atoms with Crippen molar-refractivity contribution in [1.29, 1.82) is 0 Å². The van der Waals surface area contributed by atoms with E-state index in [9.17, 15) is 13.2 Å². The number of likely N-dealkylation sites (tertiary alicyclic amines) is 1. The molecule has 4 heteroatoms. The van der Waals surface area contributed by atoms with Crippen LogP contribution in [0, 0.1) is 0 Å². The molecule has 1 saturated heterocycles. The summed E-state index contributed by atoms with van der Waals surface area (Å²) in [7, 11) is 0. The second kappa shape index (κ2) is 7.20. The molecule has 0 saturated carbocycles. The largest absolute Gasteiger partial charge is 0.416 e. The van der Waals surface area contributed by atoms with E-state index in [0.717, 1.165) is 18.7 Å². The lowest BCUT2D eigenvalue weighted by atomic mass is 9.86. The maximum absolute atomic E-state index is 12.8. The molecule has 0 unspecified atom stereocenters. The molecule has 1 nitrogen and oxygen atoms in total. The summed E-state index contributed by atoms with van der Waals surface area (Å²) >= 11 is 0. The van der Waals surface area contributed by atoms with E-state index in [1.165, 1.54) is 23.3 Å². The third-order valence-electron chi connectivity index (χ3n) is 5.21. The van der Waals surface area contributed by atoms with Gasteiger partial charge >= 0.3 is 6.18 Å². The van der Waals surface area contributed by atoms with Crippen LogP contribution < -0.4 is 0 Å². The molecule has 0 aromatic heterocycles. The van der Waals surface area contributed by atoms with E-state index in [-0.39, 0.29) is 12.0 Å². The number of hydrogen-bond acceptors (Lipinski definition) is 1. The quantitative estimate of drug-likeness (QED) is 0.555. The molecular formula is C23H20F3N. The molecule has 27 heavy (non-hydrogen) atoms. The standard InChI is InChI=1S/C23H20F3N/c24-23(25,26)21-13-11-17(12-14-21)20-15-27(16-20)22(18-7-3-1-4-8-18)19-9-5-2-6-10-19/h1-14,20,22H,15-16H2. The van der Waals surface area contributed by atoms with Gasteiger partial charge in [0.2, 0.25) is 0 Å². The summed E-state index contributed by atoms with van der Waals surface area (Å²) in [6.45, 7) is 1.67. The Morgan fingerprint density at radius 2 is 1.19 bits per heavy atom. The van der Waals surface area contributed by atoms with Gasteiger partial charge in [-0.05, 0) is 28.8 Å². The van der Waals surface area contributed by atoms with E-state index in [0.29, 0.717) is 0 Å². The fourth-order valence-electron chi connectivity index (χ4n) is 3.76. The fraction of sp³-hybridized carbons (Fsp3) is 0.217. The molecular weight excluding hydrogens is 347 g/mol. The van der Waals surface area contributed by atoms with Crippen molar-refractivity contribution >= 4 is 0 Å². The van der Waals surface area contributed by atoms with E-state index in [1.807, 2.05) is 36.4 Å². The molecule has 4 rings (SSSR count). The Morgan fingerprint density at radius 1 is 0.704 bits per heavy atom. The lowest BCUT2D eigenvalue weighted by Gasteiger charge is -2.45. The Bertz CT molecular complexity index is 828. The molecule has 0 amide bonds. The third-order valence-corrected chi connectivity index (χ3v) is 5.21. The van der Waals surface area contributed by atoms with Crippen molar-refractivity contribution in [2.75, 3.05) is 13.1 Å². The lowest BCUT2D eigenvalue weighted by Crippen LogP contribution is -2.47. The molecule has 0 spiro atoms. The minimum absolute atomic E-state index is 0.165. The number of alkyl halides is 3. The number of halogens is 3. The molecule has 3 aromatic carbocycles. The summed E-state index contributed by atoms with van der Waals surface area (Å²) in [5.74, 6) is 0.266. The maximum atomic E-state index is 12.8. The van der Waals surface area contributed by atoms with Crippen LogP contribution in [0.1, 0.15) is 34.2 Å². The summed E-state index contributed by atoms with van der Waals surface area (Å²) in [5.41, 5.74) is 2.84. The molecule has 138 valence electrons. The highest BCUT2D eigenvalue weighted by atomic mass is 19.4. The highest BCUT2D eigenvalue weighted by Gasteiger charge is 2.35. The van der Waals surface area contributed by atoms with Crippen LogP contribution in [0.15, 0.2) is 84.9 Å². The van der Waals surface area contributed by atoms with Crippen LogP contribution in [0.4, 0.5) is 13.2 Å². The van der Waals surface area contributed by atoms with Crippen LogP contribution in [0.2, 0.25) is 0 Å². The monoisotopic (exact) mass is 367 g/mol. The van der Waals surface area contributed by atoms with Crippen molar-refractivity contribution in [1.82, 2.24) is 4.90 Å². The van der Waals surface area contributed by atoms with E-state index in [2.05, 4.69) is 29.2 Å². The predicted octanol–water partition coefficient (Wildman–Crippen LogP) is 5.89. The summed E-state index contributed by atoms with van der Waals surface area (Å²) in [5, 5.41) is 0. The van der Waals surface area contributed by atoms with Crippen molar-refractivity contribution in [3.05, 3.63) is 107 Å². The van der Waals surface area contributed by atoms with Crippen molar-refractivity contribution < 1.29 is 13.2 Å². The second-order valence-electron chi connectivity index (χ2n) is 6.99. The molecule has 1 fully saturated rings. The number of hydrogen-bond donors (Lipinski definition) is 0. The number of nitrogens with zero attached hydrogens (tertiary/aromatic N) is 1. The summed E-state index contributed by atoms with van der Waals surface area (Å²) in [6.07, 6.45) is -4.28. The molecule has 1 heterocycles. The van der Waals surface area contributed by atoms with Gasteiger partial charge in [-0.1, -0.05) is 72.8 Å². The van der Waals surface area contributed by atoms with Crippen molar-refractivity contribution in [2.45, 2.75) is 18.1 Å². The van der Waals surface area contributed by atoms with Gasteiger partial charge in [-0.2, -0.15) is 13.2 Å². The Balaban J connectivity index is 1.52. The SMILES string of the molecule is FC(F)(F)c1ccc(C2CN(C(c3ccccc3)c3ccccc3)C2)cc1. The van der Waals surface area contributed by atoms with Gasteiger partial charge in [0, 0.05) is 19.0 Å². The average Bonchev–Trinajstić information content (AvgIpc) is 2.65. The van der Waals surface area contributed by atoms with Crippen molar-refractivity contribution in [3.63, 3.8) is 0 Å². The van der Waals surface area contributed by atoms with Gasteiger partial charge in [0.1, 0.15) is 0 Å². The van der Waals surface area contributed by atoms with Gasteiger partial charge in [0.25, 0.3) is 0 Å². The molecule has 1 aliphatic heterocycles. The predicted molar refractivity (Wildman–Crippen MR) is 100 cm³/mol. The van der Waals surface area contributed by atoms with Gasteiger partial charge < -0.3 is 0 Å². The smallest absolute Gasteiger partial charge is 0.291 e. The van der Waals surface area contributed by atoms with Crippen LogP contribution in [-0.2, 0) is 6.18 Å². The molecule has 3 aromatic rings. The van der Waals surface area contributed by atoms with Gasteiger partial charge in [-0.15, -0.1) is 0 Å². The highest BCUT2D eigenvalue weighted by Crippen LogP contribution is 2.38. The Hall–Kier alpha value is -2.59. The molecule has 0 bridgehead atoms. The first-order valence-corrected chi connectivity index (χ1v) is 9.03. The van der Waals surface area contributed by atoms with Gasteiger partial charge in [0.15, 0.2) is 0 Å². The molecule has 1 aliphatic rings. The number of benzene rings is 3. The van der Waals surface area contributed by atoms with Crippen LogP contribution in [-0.4, -0.2) is 18.0 Å². The second-order valence-corrected chi connectivity index (χ2v) is 6.99. The van der Waals surface area contributed by atoms with Gasteiger partial charge in [-0.25, -0.2) is 0 Å². The molecule has 0 aliphatic carbocycles. The fourth-order valence-corrected chi connectivity index (χ4v) is 3.76. The molecule has 0 radical (unpaired) electrons. The Labute approximate surface area is 157 Å². The van der Waals surface area contributed by atoms with E-state index in [4.69, 9.17) is 0 Å². The van der Waals surface area contributed by atoms with Crippen LogP contribution in [0.5, 0.6) is 0 Å². The minimum atomic E-state index is -4.28. The molecule has 0 N–H and O–H groups in total. The van der Waals surface area contributed by atoms with Crippen molar-refractivity contribution in [3.8, 4) is 0 Å². The summed E-state index contributed by atoms with van der Waals surface area (Å²) in [4.78, 5) is 2.38. The van der Waals surface area contributed by atoms with Crippen LogP contribution in [0.25, 0.3) is 0 Å². The normalized spacial score (nSPS) is 15.7. The lowest BCUT2D eigenvalue weighted by molar-refractivity contribution is -0.137. The van der Waals surface area contributed by atoms with Crippen LogP contribution >= 0.6 is 0 Å². The summed E-state index contributed by atoms with van der Waals surface area (Å²) < 4.78 is 38.3. The Morgan fingerprint density at radius 3 is 1.63 bits per heavy atom.